The second-order valence-electron chi connectivity index (χ2n) is 13.8. The van der Waals surface area contributed by atoms with Crippen LogP contribution in [0.4, 0.5) is 13.6 Å². The van der Waals surface area contributed by atoms with Crippen LogP contribution in [-0.4, -0.2) is 90.8 Å². The molecule has 1 unspecified atom stereocenters. The molecule has 7 rings (SSSR count). The van der Waals surface area contributed by atoms with Crippen molar-refractivity contribution >= 4 is 46.6 Å². The first-order valence-corrected chi connectivity index (χ1v) is 18.3. The summed E-state index contributed by atoms with van der Waals surface area (Å²) in [5.41, 5.74) is 3.85. The molecule has 0 aliphatic carbocycles. The minimum absolute atomic E-state index is 0.00679. The molecule has 3 amide bonds. The smallest absolute Gasteiger partial charge is 0.407 e. The van der Waals surface area contributed by atoms with Crippen molar-refractivity contribution in [1.29, 1.82) is 0 Å². The fraction of sp³-hybridized carbons (Fsp3) is 0.316. The van der Waals surface area contributed by atoms with Crippen LogP contribution in [0.25, 0.3) is 39.0 Å². The van der Waals surface area contributed by atoms with Gasteiger partial charge in [0, 0.05) is 65.6 Å². The van der Waals surface area contributed by atoms with Crippen molar-refractivity contribution in [3.8, 4) is 39.4 Å². The van der Waals surface area contributed by atoms with E-state index in [-0.39, 0.29) is 54.4 Å². The Bertz CT molecular complexity index is 2460. The van der Waals surface area contributed by atoms with Gasteiger partial charge in [0.15, 0.2) is 0 Å². The molecule has 14 nitrogen and oxygen atoms in total. The van der Waals surface area contributed by atoms with Gasteiger partial charge >= 0.3 is 12.0 Å². The summed E-state index contributed by atoms with van der Waals surface area (Å²) >= 11 is 14.1. The molecule has 56 heavy (non-hydrogen) atoms. The molecule has 0 saturated carbocycles. The van der Waals surface area contributed by atoms with Crippen LogP contribution in [0.2, 0.25) is 10.0 Å². The van der Waals surface area contributed by atoms with Gasteiger partial charge in [-0.25, -0.2) is 14.3 Å². The number of fused-ring (bicyclic) bond motifs is 1. The summed E-state index contributed by atoms with van der Waals surface area (Å²) in [6.45, 7) is 0.122. The summed E-state index contributed by atoms with van der Waals surface area (Å²) in [6, 6.07) is 15.7. The summed E-state index contributed by atoms with van der Waals surface area (Å²) in [7, 11) is 4.54. The van der Waals surface area contributed by atoms with E-state index in [9.17, 15) is 33.1 Å². The molecule has 0 radical (unpaired) electrons. The molecule has 3 N–H and O–H groups in total. The third kappa shape index (κ3) is 7.39. The van der Waals surface area contributed by atoms with Crippen molar-refractivity contribution in [2.45, 2.75) is 50.5 Å². The highest BCUT2D eigenvalue weighted by Gasteiger charge is 2.49. The second kappa shape index (κ2) is 15.2. The van der Waals surface area contributed by atoms with Gasteiger partial charge in [0.1, 0.15) is 11.3 Å². The molecule has 18 heteroatoms. The first-order chi connectivity index (χ1) is 26.6. The average molecular weight is 810 g/mol. The number of rotatable bonds is 11. The number of methoxy groups -OCH3 is 1. The molecule has 3 aromatic heterocycles. The van der Waals surface area contributed by atoms with Crippen LogP contribution >= 0.6 is 23.2 Å². The highest BCUT2D eigenvalue weighted by molar-refractivity contribution is 6.39. The Balaban J connectivity index is 1.16. The van der Waals surface area contributed by atoms with Gasteiger partial charge in [0.2, 0.25) is 11.8 Å². The standard InChI is InChI=1S/C38H36Cl2F2N8O6/c1-47(29-15-38(41,42)36(53)45-29)19-30-46-50-17-21(14-28(50)35(52)48(30)2)23-6-4-7-24(32(23)39)25-8-5-9-26(33(25)40)27-12-10-20(34(44-27)56-3)16-49(37(54)55)18-22-11-13-31(51)43-22/h4-10,12,14,17,22,29H,11,13,15-16,18-19H2,1-3H3,(H,43,51)(H,45,53)(H,54,55)/t22-,29?/m0/s1. The lowest BCUT2D eigenvalue weighted by Crippen LogP contribution is -2.41. The Hall–Kier alpha value is -5.58. The van der Waals surface area contributed by atoms with Crippen molar-refractivity contribution < 1.29 is 33.0 Å². The van der Waals surface area contributed by atoms with Crippen LogP contribution in [-0.2, 0) is 29.7 Å². The number of nitrogens with one attached hydrogen (secondary N) is 2. The number of halogens is 4. The number of amides is 3. The molecule has 2 aliphatic rings. The summed E-state index contributed by atoms with van der Waals surface area (Å²) in [5, 5.41) is 20.2. The zero-order valence-corrected chi connectivity index (χ0v) is 31.9. The fourth-order valence-electron chi connectivity index (χ4n) is 7.02. The zero-order chi connectivity index (χ0) is 40.1. The van der Waals surface area contributed by atoms with E-state index in [4.69, 9.17) is 27.9 Å². The molecule has 2 saturated heterocycles. The van der Waals surface area contributed by atoms with Crippen LogP contribution in [0.1, 0.15) is 30.7 Å². The molecule has 2 atom stereocenters. The molecular weight excluding hydrogens is 773 g/mol. The van der Waals surface area contributed by atoms with E-state index in [1.807, 2.05) is 12.1 Å². The number of pyridine rings is 1. The van der Waals surface area contributed by atoms with Crippen LogP contribution in [0.3, 0.4) is 0 Å². The highest BCUT2D eigenvalue weighted by atomic mass is 35.5. The number of aromatic nitrogens is 4. The van der Waals surface area contributed by atoms with Crippen molar-refractivity contribution in [2.75, 3.05) is 20.7 Å². The molecule has 2 aromatic carbocycles. The Morgan fingerprint density at radius 3 is 2.32 bits per heavy atom. The summed E-state index contributed by atoms with van der Waals surface area (Å²) in [4.78, 5) is 56.2. The molecule has 2 aliphatic heterocycles. The van der Waals surface area contributed by atoms with Gasteiger partial charge in [-0.1, -0.05) is 59.6 Å². The van der Waals surface area contributed by atoms with Crippen LogP contribution in [0, 0.1) is 0 Å². The maximum Gasteiger partial charge on any atom is 0.407 e. The van der Waals surface area contributed by atoms with E-state index >= 15 is 0 Å². The highest BCUT2D eigenvalue weighted by Crippen LogP contribution is 2.42. The summed E-state index contributed by atoms with van der Waals surface area (Å²) in [6.07, 6.45) is -0.195. The SMILES string of the molecule is COc1nc(-c2cccc(-c3cccc(-c4cc5c(=O)n(C)c(CN(C)C6CC(F)(F)C(=O)N6)nn5c4)c3Cl)c2Cl)ccc1CN(C[C@@H]1CCC(=O)N1)C(=O)O. The molecule has 5 aromatic rings. The van der Waals surface area contributed by atoms with Crippen LogP contribution < -0.4 is 20.9 Å². The third-order valence-corrected chi connectivity index (χ3v) is 10.9. The number of ether oxygens (including phenoxy) is 1. The van der Waals surface area contributed by atoms with Gasteiger partial charge in [0.25, 0.3) is 11.5 Å². The van der Waals surface area contributed by atoms with E-state index in [0.717, 1.165) is 0 Å². The number of nitrogens with zero attached hydrogens (tertiary/aromatic N) is 6. The van der Waals surface area contributed by atoms with Crippen molar-refractivity contribution in [1.82, 2.24) is 39.6 Å². The summed E-state index contributed by atoms with van der Waals surface area (Å²) in [5.74, 6) is -4.41. The molecule has 292 valence electrons. The Morgan fingerprint density at radius 2 is 1.70 bits per heavy atom. The van der Waals surface area contributed by atoms with E-state index in [2.05, 4.69) is 20.7 Å². The second-order valence-corrected chi connectivity index (χ2v) is 14.6. The minimum Gasteiger partial charge on any atom is -0.481 e. The number of carbonyl (C=O) groups excluding carboxylic acids is 2. The quantitative estimate of drug-likeness (QED) is 0.158. The lowest BCUT2D eigenvalue weighted by molar-refractivity contribution is -0.139. The molecule has 0 bridgehead atoms. The molecular formula is C38H36Cl2F2N8O6. The maximum absolute atomic E-state index is 13.9. The topological polar surface area (TPSA) is 163 Å². The van der Waals surface area contributed by atoms with Gasteiger partial charge in [-0.3, -0.25) is 23.9 Å². The predicted octanol–water partition coefficient (Wildman–Crippen LogP) is 5.42. The zero-order valence-electron chi connectivity index (χ0n) is 30.4. The molecule has 5 heterocycles. The monoisotopic (exact) mass is 808 g/mol. The lowest BCUT2D eigenvalue weighted by Gasteiger charge is -2.23. The molecule has 2 fully saturated rings. The Labute approximate surface area is 328 Å². The first kappa shape index (κ1) is 38.7. The number of hydrogen-bond acceptors (Lipinski definition) is 8. The minimum atomic E-state index is -3.47. The number of alkyl halides is 2. The van der Waals surface area contributed by atoms with Gasteiger partial charge < -0.3 is 25.4 Å². The predicted molar refractivity (Wildman–Crippen MR) is 204 cm³/mol. The normalized spacial score (nSPS) is 17.7. The first-order valence-electron chi connectivity index (χ1n) is 17.5. The van der Waals surface area contributed by atoms with Crippen LogP contribution in [0.5, 0.6) is 5.88 Å². The van der Waals surface area contributed by atoms with Gasteiger partial charge in [0.05, 0.1) is 48.5 Å². The van der Waals surface area contributed by atoms with Crippen molar-refractivity contribution in [3.63, 3.8) is 0 Å². The van der Waals surface area contributed by atoms with Crippen molar-refractivity contribution in [3.05, 3.63) is 92.6 Å². The largest absolute Gasteiger partial charge is 0.481 e. The third-order valence-electron chi connectivity index (χ3n) is 10.1. The van der Waals surface area contributed by atoms with Gasteiger partial charge in [-0.15, -0.1) is 0 Å². The van der Waals surface area contributed by atoms with Gasteiger partial charge in [-0.05, 0) is 31.7 Å². The number of carboxylic acid groups (broad SMARTS) is 1. The van der Waals surface area contributed by atoms with E-state index in [1.54, 1.807) is 55.7 Å². The number of benzene rings is 2. The summed E-state index contributed by atoms with van der Waals surface area (Å²) < 4.78 is 36.1. The van der Waals surface area contributed by atoms with Crippen LogP contribution in [0.15, 0.2) is 65.6 Å². The fourth-order valence-corrected chi connectivity index (χ4v) is 7.68. The molecule has 0 spiro atoms. The lowest BCUT2D eigenvalue weighted by atomic mass is 9.97. The van der Waals surface area contributed by atoms with E-state index in [1.165, 1.54) is 33.0 Å². The van der Waals surface area contributed by atoms with Gasteiger partial charge in [-0.2, -0.15) is 13.9 Å². The Morgan fingerprint density at radius 1 is 1.02 bits per heavy atom. The maximum atomic E-state index is 13.9. The number of hydrogen-bond donors (Lipinski definition) is 3. The number of carbonyl (C=O) groups is 3. The average Bonchev–Trinajstić information content (AvgIpc) is 3.86. The Kier molecular flexibility index (Phi) is 10.5. The van der Waals surface area contributed by atoms with E-state index < -0.39 is 30.5 Å². The van der Waals surface area contributed by atoms with E-state index in [0.29, 0.717) is 62.0 Å². The van der Waals surface area contributed by atoms with Crippen molar-refractivity contribution in [2.24, 2.45) is 7.05 Å².